The lowest BCUT2D eigenvalue weighted by atomic mass is 9.33. The van der Waals surface area contributed by atoms with Gasteiger partial charge in [-0.2, -0.15) is 0 Å². The third-order valence-electron chi connectivity index (χ3n) is 13.0. The highest BCUT2D eigenvalue weighted by atomic mass is 16.3. The van der Waals surface area contributed by atoms with Gasteiger partial charge in [0.15, 0.2) is 0 Å². The Balaban J connectivity index is 1.62. The van der Waals surface area contributed by atoms with Crippen LogP contribution in [0.2, 0.25) is 0 Å². The highest BCUT2D eigenvalue weighted by Gasteiger charge is 2.69. The van der Waals surface area contributed by atoms with Gasteiger partial charge >= 0.3 is 0 Å². The van der Waals surface area contributed by atoms with E-state index in [0.29, 0.717) is 23.7 Å². The molecule has 0 aliphatic heterocycles. The van der Waals surface area contributed by atoms with E-state index >= 15 is 0 Å². The van der Waals surface area contributed by atoms with E-state index in [-0.39, 0.29) is 39.3 Å². The summed E-state index contributed by atoms with van der Waals surface area (Å²) in [5.74, 6) is 2.06. The van der Waals surface area contributed by atoms with E-state index in [4.69, 9.17) is 0 Å². The molecule has 0 amide bonds. The van der Waals surface area contributed by atoms with Gasteiger partial charge in [0.05, 0.1) is 12.2 Å². The van der Waals surface area contributed by atoms with Gasteiger partial charge in [0.25, 0.3) is 0 Å². The van der Waals surface area contributed by atoms with E-state index in [0.717, 1.165) is 32.1 Å². The Kier molecular flexibility index (Phi) is 4.88. The van der Waals surface area contributed by atoms with Crippen molar-refractivity contribution in [3.05, 3.63) is 23.8 Å². The molecule has 5 rings (SSSR count). The predicted molar refractivity (Wildman–Crippen MR) is 132 cm³/mol. The van der Waals surface area contributed by atoms with Crippen LogP contribution in [0.4, 0.5) is 0 Å². The molecule has 2 heteroatoms. The number of rotatable bonds is 0. The van der Waals surface area contributed by atoms with Crippen molar-refractivity contribution in [2.45, 2.75) is 112 Å². The minimum absolute atomic E-state index is 0.0144. The number of aliphatic hydroxyl groups excluding tert-OH is 2. The molecule has 0 aromatic heterocycles. The Bertz CT molecular complexity index is 855. The van der Waals surface area contributed by atoms with Gasteiger partial charge in [-0.3, -0.25) is 0 Å². The second kappa shape index (κ2) is 6.75. The van der Waals surface area contributed by atoms with Crippen LogP contribution in [0.15, 0.2) is 23.8 Å². The SMILES string of the molecule is C=C1CCC2(C)C(O)CC3(C)C(=CCC4C5(C)CCC(O)C(C)(C)C5CCC43C)C2C1C. The molecule has 0 heterocycles. The molecule has 0 saturated heterocycles. The molecule has 4 saturated carbocycles. The van der Waals surface area contributed by atoms with E-state index in [2.05, 4.69) is 61.1 Å². The smallest absolute Gasteiger partial charge is 0.0608 e. The zero-order chi connectivity index (χ0) is 23.5. The summed E-state index contributed by atoms with van der Waals surface area (Å²) >= 11 is 0. The van der Waals surface area contributed by atoms with Crippen LogP contribution in [-0.4, -0.2) is 22.4 Å². The first-order chi connectivity index (χ1) is 14.7. The Morgan fingerprint density at radius 1 is 0.875 bits per heavy atom. The first-order valence-corrected chi connectivity index (χ1v) is 13.5. The molecule has 0 aromatic carbocycles. The summed E-state index contributed by atoms with van der Waals surface area (Å²) in [7, 11) is 0. The van der Waals surface area contributed by atoms with E-state index in [9.17, 15) is 10.2 Å². The maximum absolute atomic E-state index is 11.7. The molecule has 2 N–H and O–H groups in total. The van der Waals surface area contributed by atoms with Gasteiger partial charge in [-0.25, -0.2) is 0 Å². The first kappa shape index (κ1) is 23.2. The largest absolute Gasteiger partial charge is 0.393 e. The number of allylic oxidation sites excluding steroid dienone is 3. The zero-order valence-electron chi connectivity index (χ0n) is 21.8. The van der Waals surface area contributed by atoms with E-state index in [1.165, 1.54) is 24.8 Å². The first-order valence-electron chi connectivity index (χ1n) is 13.5. The average molecular weight is 441 g/mol. The molecular formula is C30H48O2. The molecule has 0 aromatic rings. The molecule has 0 bridgehead atoms. The highest BCUT2D eigenvalue weighted by Crippen LogP contribution is 2.75. The number of aliphatic hydroxyl groups is 2. The third-order valence-corrected chi connectivity index (χ3v) is 13.0. The fourth-order valence-corrected chi connectivity index (χ4v) is 10.6. The van der Waals surface area contributed by atoms with Crippen molar-refractivity contribution in [2.75, 3.05) is 0 Å². The molecule has 4 fully saturated rings. The van der Waals surface area contributed by atoms with Crippen LogP contribution < -0.4 is 0 Å². The summed E-state index contributed by atoms with van der Waals surface area (Å²) in [5.41, 5.74) is 3.51. The third kappa shape index (κ3) is 2.55. The fourth-order valence-electron chi connectivity index (χ4n) is 10.6. The van der Waals surface area contributed by atoms with Crippen LogP contribution in [0.3, 0.4) is 0 Å². The number of hydrogen-bond acceptors (Lipinski definition) is 2. The van der Waals surface area contributed by atoms with Gasteiger partial charge in [-0.15, -0.1) is 0 Å². The molecule has 32 heavy (non-hydrogen) atoms. The highest BCUT2D eigenvalue weighted by molar-refractivity contribution is 5.36. The maximum Gasteiger partial charge on any atom is 0.0608 e. The van der Waals surface area contributed by atoms with Gasteiger partial charge in [0.1, 0.15) is 0 Å². The molecule has 0 radical (unpaired) electrons. The van der Waals surface area contributed by atoms with E-state index < -0.39 is 0 Å². The van der Waals surface area contributed by atoms with Crippen LogP contribution in [0.5, 0.6) is 0 Å². The lowest BCUT2D eigenvalue weighted by molar-refractivity contribution is -0.212. The molecule has 180 valence electrons. The molecule has 2 nitrogen and oxygen atoms in total. The van der Waals surface area contributed by atoms with Crippen LogP contribution in [0.1, 0.15) is 99.8 Å². The molecule has 0 spiro atoms. The molecule has 5 aliphatic carbocycles. The quantitative estimate of drug-likeness (QED) is 0.402. The van der Waals surface area contributed by atoms with Crippen molar-refractivity contribution < 1.29 is 10.2 Å². The summed E-state index contributed by atoms with van der Waals surface area (Å²) in [6.07, 6.45) is 10.9. The summed E-state index contributed by atoms with van der Waals surface area (Å²) < 4.78 is 0. The van der Waals surface area contributed by atoms with Gasteiger partial charge in [0.2, 0.25) is 0 Å². The minimum atomic E-state index is -0.240. The topological polar surface area (TPSA) is 40.5 Å². The lowest BCUT2D eigenvalue weighted by Gasteiger charge is -2.72. The predicted octanol–water partition coefficient (Wildman–Crippen LogP) is 6.92. The Hall–Kier alpha value is -0.600. The normalized spacial score (nSPS) is 56.9. The van der Waals surface area contributed by atoms with Gasteiger partial charge in [0, 0.05) is 5.41 Å². The van der Waals surface area contributed by atoms with Crippen LogP contribution in [0.25, 0.3) is 0 Å². The lowest BCUT2D eigenvalue weighted by Crippen LogP contribution is -2.66. The van der Waals surface area contributed by atoms with Gasteiger partial charge < -0.3 is 10.2 Å². The van der Waals surface area contributed by atoms with Crippen LogP contribution >= 0.6 is 0 Å². The molecule has 5 aliphatic rings. The summed E-state index contributed by atoms with van der Waals surface area (Å²) in [4.78, 5) is 0. The fraction of sp³-hybridized carbons (Fsp3) is 0.867. The van der Waals surface area contributed by atoms with Crippen molar-refractivity contribution in [1.82, 2.24) is 0 Å². The monoisotopic (exact) mass is 440 g/mol. The van der Waals surface area contributed by atoms with Crippen molar-refractivity contribution in [2.24, 2.45) is 50.7 Å². The van der Waals surface area contributed by atoms with Gasteiger partial charge in [-0.05, 0) is 96.7 Å². The molecular weight excluding hydrogens is 392 g/mol. The van der Waals surface area contributed by atoms with Crippen molar-refractivity contribution >= 4 is 0 Å². The Morgan fingerprint density at radius 2 is 1.56 bits per heavy atom. The minimum Gasteiger partial charge on any atom is -0.393 e. The van der Waals surface area contributed by atoms with Crippen molar-refractivity contribution in [3.63, 3.8) is 0 Å². The van der Waals surface area contributed by atoms with Crippen molar-refractivity contribution in [3.8, 4) is 0 Å². The zero-order valence-corrected chi connectivity index (χ0v) is 21.8. The summed E-state index contributed by atoms with van der Waals surface area (Å²) in [6, 6.07) is 0. The second-order valence-corrected chi connectivity index (χ2v) is 14.3. The van der Waals surface area contributed by atoms with Crippen molar-refractivity contribution in [1.29, 1.82) is 0 Å². The summed E-state index contributed by atoms with van der Waals surface area (Å²) in [6.45, 7) is 21.5. The standard InChI is InChI=1S/C30H48O2/c1-18-11-14-28(6)24(32)17-30(8)20(25(28)19(18)2)9-10-22-27(5)15-13-23(31)26(3,4)21(27)12-16-29(22,30)7/h9,19,21-25,31-32H,1,10-17H2,2-8H3. The van der Waals surface area contributed by atoms with E-state index in [1.54, 1.807) is 5.57 Å². The average Bonchev–Trinajstić information content (AvgIpc) is 2.70. The Labute approximate surface area is 197 Å². The van der Waals surface area contributed by atoms with Crippen LogP contribution in [0, 0.1) is 50.7 Å². The summed E-state index contributed by atoms with van der Waals surface area (Å²) in [5, 5.41) is 22.6. The molecule has 10 atom stereocenters. The van der Waals surface area contributed by atoms with Gasteiger partial charge in [-0.1, -0.05) is 72.3 Å². The number of hydrogen-bond donors (Lipinski definition) is 2. The molecule has 10 unspecified atom stereocenters. The van der Waals surface area contributed by atoms with E-state index in [1.807, 2.05) is 0 Å². The maximum atomic E-state index is 11.7. The second-order valence-electron chi connectivity index (χ2n) is 14.3. The Morgan fingerprint density at radius 3 is 2.25 bits per heavy atom. The number of fused-ring (bicyclic) bond motifs is 7. The van der Waals surface area contributed by atoms with Crippen LogP contribution in [-0.2, 0) is 0 Å².